The Labute approximate surface area is 75.9 Å². The second-order valence-electron chi connectivity index (χ2n) is 3.10. The minimum Gasteiger partial charge on any atom is -0.344 e. The summed E-state index contributed by atoms with van der Waals surface area (Å²) in [6.07, 6.45) is 0. The predicted octanol–water partition coefficient (Wildman–Crippen LogP) is 1.85. The van der Waals surface area contributed by atoms with Crippen LogP contribution in [0.25, 0.3) is 0 Å². The Morgan fingerprint density at radius 3 is 1.54 bits per heavy atom. The van der Waals surface area contributed by atoms with Gasteiger partial charge in [0.25, 0.3) is 0 Å². The molecule has 0 saturated carbocycles. The van der Waals surface area contributed by atoms with Crippen LogP contribution >= 0.6 is 0 Å². The normalized spacial score (nSPS) is 13.7. The topological polar surface area (TPSA) is 78.4 Å². The van der Waals surface area contributed by atoms with Crippen molar-refractivity contribution in [2.75, 3.05) is 0 Å². The molecule has 0 fully saturated rings. The first-order chi connectivity index (χ1) is 4.96. The van der Waals surface area contributed by atoms with Crippen LogP contribution in [0.1, 0.15) is 0 Å². The molecule has 0 aromatic rings. The second kappa shape index (κ2) is 3.94. The van der Waals surface area contributed by atoms with E-state index in [1.54, 1.807) is 0 Å². The summed E-state index contributed by atoms with van der Waals surface area (Å²) in [6.45, 7) is 4.07. The van der Waals surface area contributed by atoms with Gasteiger partial charge in [-0.3, -0.25) is 0 Å². The van der Waals surface area contributed by atoms with Crippen LogP contribution in [0, 0.1) is 0 Å². The minimum absolute atomic E-state index is 0. The molecule has 3 N–H and O–H groups in total. The van der Waals surface area contributed by atoms with Crippen LogP contribution in [-0.4, -0.2) is 22.2 Å². The molecule has 0 aromatic carbocycles. The van der Waals surface area contributed by atoms with Crippen molar-refractivity contribution in [3.8, 4) is 0 Å². The molecule has 0 aliphatic carbocycles. The van der Waals surface area contributed by atoms with Crippen molar-refractivity contribution in [1.82, 2.24) is 6.15 Å². The van der Waals surface area contributed by atoms with Crippen LogP contribution in [-0.2, 0) is 14.0 Å². The third-order valence-corrected chi connectivity index (χ3v) is 4.09. The molecular weight excluding hydrogens is 227 g/mol. The predicted molar refractivity (Wildman–Crippen MR) is 44.4 cm³/mol. The van der Waals surface area contributed by atoms with E-state index in [2.05, 4.69) is 3.87 Å². The van der Waals surface area contributed by atoms with Gasteiger partial charge in [-0.15, -0.1) is 0 Å². The Bertz CT molecular complexity index is 255. The fraction of sp³-hybridized carbons (Fsp3) is 1.00. The van der Waals surface area contributed by atoms with E-state index in [1.165, 1.54) is 19.6 Å². The Kier molecular flexibility index (Phi) is 4.66. The van der Waals surface area contributed by atoms with Gasteiger partial charge in [-0.1, -0.05) is 0 Å². The molecular formula is C4H12F3NO3SSi. The number of hydrogen-bond donors (Lipinski definition) is 1. The van der Waals surface area contributed by atoms with Gasteiger partial charge in [-0.2, -0.15) is 21.6 Å². The summed E-state index contributed by atoms with van der Waals surface area (Å²) in [5.41, 5.74) is -5.31. The molecule has 9 heteroatoms. The maximum Gasteiger partial charge on any atom is 0.522 e. The maximum absolute atomic E-state index is 11.7. The first-order valence-corrected chi connectivity index (χ1v) is 7.79. The van der Waals surface area contributed by atoms with E-state index in [-0.39, 0.29) is 6.15 Å². The summed E-state index contributed by atoms with van der Waals surface area (Å²) in [6, 6.07) is 0. The van der Waals surface area contributed by atoms with E-state index >= 15 is 0 Å². The number of alkyl halides is 3. The standard InChI is InChI=1S/C4H9F3O3SSi.H3N/c1-12(2,3)10-11(8,9)4(5,6)7;/h1-3H3;1H3. The largest absolute Gasteiger partial charge is 0.522 e. The first-order valence-electron chi connectivity index (χ1n) is 2.98. The highest BCUT2D eigenvalue weighted by Crippen LogP contribution is 2.27. The molecule has 0 aromatic heterocycles. The summed E-state index contributed by atoms with van der Waals surface area (Å²) in [7, 11) is -8.10. The highest BCUT2D eigenvalue weighted by molar-refractivity contribution is 7.88. The van der Waals surface area contributed by atoms with Crippen LogP contribution in [0.5, 0.6) is 0 Å². The number of halogens is 3. The third kappa shape index (κ3) is 5.24. The zero-order valence-electron chi connectivity index (χ0n) is 7.47. The Morgan fingerprint density at radius 2 is 1.46 bits per heavy atom. The molecule has 0 radical (unpaired) electrons. The molecule has 0 aliphatic rings. The number of rotatable bonds is 2. The lowest BCUT2D eigenvalue weighted by atomic mass is 11.6. The summed E-state index contributed by atoms with van der Waals surface area (Å²) in [5, 5.41) is 0. The van der Waals surface area contributed by atoms with E-state index < -0.39 is 23.9 Å². The summed E-state index contributed by atoms with van der Waals surface area (Å²) < 4.78 is 59.7. The van der Waals surface area contributed by atoms with Gasteiger partial charge in [0.2, 0.25) is 8.32 Å². The van der Waals surface area contributed by atoms with E-state index in [4.69, 9.17) is 0 Å². The van der Waals surface area contributed by atoms with Gasteiger partial charge in [0.05, 0.1) is 0 Å². The average molecular weight is 239 g/mol. The van der Waals surface area contributed by atoms with Crippen molar-refractivity contribution in [1.29, 1.82) is 0 Å². The van der Waals surface area contributed by atoms with Crippen molar-refractivity contribution in [2.24, 2.45) is 0 Å². The first kappa shape index (κ1) is 15.4. The molecule has 4 nitrogen and oxygen atoms in total. The summed E-state index contributed by atoms with van der Waals surface area (Å²) in [4.78, 5) is 0. The smallest absolute Gasteiger partial charge is 0.344 e. The van der Waals surface area contributed by atoms with E-state index in [0.29, 0.717) is 0 Å². The highest BCUT2D eigenvalue weighted by Gasteiger charge is 2.49. The lowest BCUT2D eigenvalue weighted by molar-refractivity contribution is -0.0503. The van der Waals surface area contributed by atoms with Crippen molar-refractivity contribution < 1.29 is 25.5 Å². The van der Waals surface area contributed by atoms with E-state index in [0.717, 1.165) is 0 Å². The second-order valence-corrected chi connectivity index (χ2v) is 9.36. The van der Waals surface area contributed by atoms with Crippen molar-refractivity contribution in [3.63, 3.8) is 0 Å². The average Bonchev–Trinajstić information content (AvgIpc) is 1.52. The van der Waals surface area contributed by atoms with Crippen LogP contribution < -0.4 is 6.15 Å². The third-order valence-electron chi connectivity index (χ3n) is 0.643. The molecule has 0 atom stereocenters. The molecule has 0 saturated heterocycles. The van der Waals surface area contributed by atoms with E-state index in [1.807, 2.05) is 0 Å². The van der Waals surface area contributed by atoms with Crippen LogP contribution in [0.4, 0.5) is 13.2 Å². The molecule has 0 amide bonds. The molecule has 0 spiro atoms. The fourth-order valence-corrected chi connectivity index (χ4v) is 3.39. The van der Waals surface area contributed by atoms with Gasteiger partial charge in [-0.25, -0.2) is 0 Å². The zero-order valence-corrected chi connectivity index (χ0v) is 9.29. The highest BCUT2D eigenvalue weighted by atomic mass is 32.2. The Hall–Kier alpha value is -0.123. The Morgan fingerprint density at radius 1 is 1.15 bits per heavy atom. The van der Waals surface area contributed by atoms with Crippen molar-refractivity contribution in [3.05, 3.63) is 0 Å². The van der Waals surface area contributed by atoms with Gasteiger partial charge in [0, 0.05) is 0 Å². The lowest BCUT2D eigenvalue weighted by Gasteiger charge is -2.17. The van der Waals surface area contributed by atoms with E-state index in [9.17, 15) is 21.6 Å². The number of hydrogen-bond acceptors (Lipinski definition) is 4. The lowest BCUT2D eigenvalue weighted by Crippen LogP contribution is -2.36. The van der Waals surface area contributed by atoms with Gasteiger partial charge < -0.3 is 10.0 Å². The Balaban J connectivity index is 0. The minimum atomic E-state index is -5.39. The molecule has 13 heavy (non-hydrogen) atoms. The molecule has 0 heterocycles. The van der Waals surface area contributed by atoms with Crippen LogP contribution in [0.2, 0.25) is 19.6 Å². The zero-order chi connectivity index (χ0) is 10.2. The van der Waals surface area contributed by atoms with Crippen LogP contribution in [0.3, 0.4) is 0 Å². The summed E-state index contributed by atoms with van der Waals surface area (Å²) >= 11 is 0. The van der Waals surface area contributed by atoms with Gasteiger partial charge >= 0.3 is 15.6 Å². The maximum atomic E-state index is 11.7. The van der Waals surface area contributed by atoms with Gasteiger partial charge in [0.15, 0.2) is 0 Å². The summed E-state index contributed by atoms with van der Waals surface area (Å²) in [5.74, 6) is 0. The fourth-order valence-electron chi connectivity index (χ4n) is 0.376. The van der Waals surface area contributed by atoms with Gasteiger partial charge in [0.1, 0.15) is 0 Å². The molecule has 0 aliphatic heterocycles. The molecule has 0 unspecified atom stereocenters. The monoisotopic (exact) mass is 239 g/mol. The van der Waals surface area contributed by atoms with Crippen molar-refractivity contribution in [2.45, 2.75) is 25.1 Å². The molecule has 0 rings (SSSR count). The van der Waals surface area contributed by atoms with Gasteiger partial charge in [-0.05, 0) is 19.6 Å². The SMILES string of the molecule is C[Si](C)(C)OS(=O)(=O)C(F)(F)F.N. The molecule has 0 bridgehead atoms. The molecule has 82 valence electrons. The quantitative estimate of drug-likeness (QED) is 0.589. The van der Waals surface area contributed by atoms with Crippen LogP contribution in [0.15, 0.2) is 0 Å². The van der Waals surface area contributed by atoms with Crippen molar-refractivity contribution >= 4 is 18.4 Å².